The summed E-state index contributed by atoms with van der Waals surface area (Å²) in [5, 5.41) is 0. The maximum atomic E-state index is 11.6. The molecule has 6 nitrogen and oxygen atoms in total. The Morgan fingerprint density at radius 2 is 2.38 bits per heavy atom. The van der Waals surface area contributed by atoms with Crippen LogP contribution in [0.5, 0.6) is 0 Å². The first kappa shape index (κ1) is 14.2. The number of pyridine rings is 2. The number of anilines is 1. The molecule has 1 saturated heterocycles. The maximum Gasteiger partial charge on any atom is 0.336 e. The van der Waals surface area contributed by atoms with Crippen molar-refractivity contribution in [3.05, 3.63) is 29.0 Å². The lowest BCUT2D eigenvalue weighted by Crippen LogP contribution is -2.46. The third kappa shape index (κ3) is 2.84. The van der Waals surface area contributed by atoms with Crippen molar-refractivity contribution in [1.82, 2.24) is 9.97 Å². The number of methoxy groups -OCH3 is 1. The van der Waals surface area contributed by atoms with Gasteiger partial charge in [-0.05, 0) is 28.1 Å². The zero-order valence-corrected chi connectivity index (χ0v) is 13.0. The van der Waals surface area contributed by atoms with Crippen LogP contribution in [0.15, 0.2) is 29.0 Å². The summed E-state index contributed by atoms with van der Waals surface area (Å²) in [6, 6.07) is 3.83. The van der Waals surface area contributed by atoms with Crippen LogP contribution in [0.4, 0.5) is 5.69 Å². The predicted octanol–water partition coefficient (Wildman–Crippen LogP) is 1.77. The van der Waals surface area contributed by atoms with Crippen LogP contribution in [0.3, 0.4) is 0 Å². The lowest BCUT2D eigenvalue weighted by Gasteiger charge is -2.33. The SMILES string of the molecule is COC(=O)C1CN(c2ccnc3cc(Br)cnc23)CCO1. The molecule has 1 atom stereocenters. The number of morpholine rings is 1. The lowest BCUT2D eigenvalue weighted by molar-refractivity contribution is -0.154. The highest BCUT2D eigenvalue weighted by molar-refractivity contribution is 9.10. The number of fused-ring (bicyclic) bond motifs is 1. The third-order valence-electron chi connectivity index (χ3n) is 3.39. The molecule has 1 aliphatic heterocycles. The summed E-state index contributed by atoms with van der Waals surface area (Å²) in [6.45, 7) is 1.62. The Morgan fingerprint density at radius 1 is 1.52 bits per heavy atom. The fraction of sp³-hybridized carbons (Fsp3) is 0.357. The van der Waals surface area contributed by atoms with Crippen LogP contribution in [-0.4, -0.2) is 48.8 Å². The van der Waals surface area contributed by atoms with Crippen LogP contribution >= 0.6 is 15.9 Å². The van der Waals surface area contributed by atoms with E-state index in [1.807, 2.05) is 12.1 Å². The van der Waals surface area contributed by atoms with Crippen molar-refractivity contribution < 1.29 is 14.3 Å². The van der Waals surface area contributed by atoms with Crippen molar-refractivity contribution in [2.45, 2.75) is 6.10 Å². The van der Waals surface area contributed by atoms with E-state index in [4.69, 9.17) is 9.47 Å². The third-order valence-corrected chi connectivity index (χ3v) is 3.83. The summed E-state index contributed by atoms with van der Waals surface area (Å²) in [5.74, 6) is -0.353. The fourth-order valence-electron chi connectivity index (χ4n) is 2.39. The van der Waals surface area contributed by atoms with Gasteiger partial charge in [0.05, 0.1) is 31.5 Å². The average Bonchev–Trinajstić information content (AvgIpc) is 2.53. The number of nitrogens with zero attached hydrogens (tertiary/aromatic N) is 3. The first-order valence-corrected chi connectivity index (χ1v) is 7.33. The predicted molar refractivity (Wildman–Crippen MR) is 81.2 cm³/mol. The Bertz CT molecular complexity index is 680. The molecule has 0 spiro atoms. The van der Waals surface area contributed by atoms with E-state index in [-0.39, 0.29) is 5.97 Å². The molecular formula is C14H14BrN3O3. The fourth-order valence-corrected chi connectivity index (χ4v) is 2.71. The molecule has 3 heterocycles. The van der Waals surface area contributed by atoms with Gasteiger partial charge in [-0.3, -0.25) is 9.97 Å². The first-order chi connectivity index (χ1) is 10.2. The normalized spacial score (nSPS) is 18.8. The molecule has 1 aliphatic rings. The Hall–Kier alpha value is -1.73. The van der Waals surface area contributed by atoms with E-state index in [0.29, 0.717) is 19.7 Å². The van der Waals surface area contributed by atoms with Crippen molar-refractivity contribution in [3.8, 4) is 0 Å². The topological polar surface area (TPSA) is 64.5 Å². The summed E-state index contributed by atoms with van der Waals surface area (Å²) in [5.41, 5.74) is 2.57. The van der Waals surface area contributed by atoms with Gasteiger partial charge in [0.15, 0.2) is 6.10 Å². The lowest BCUT2D eigenvalue weighted by atomic mass is 10.2. The number of rotatable bonds is 2. The Balaban J connectivity index is 1.94. The van der Waals surface area contributed by atoms with Crippen LogP contribution in [0.2, 0.25) is 0 Å². The summed E-state index contributed by atoms with van der Waals surface area (Å²) >= 11 is 3.39. The molecule has 1 fully saturated rings. The zero-order valence-electron chi connectivity index (χ0n) is 11.5. The maximum absolute atomic E-state index is 11.6. The highest BCUT2D eigenvalue weighted by atomic mass is 79.9. The van der Waals surface area contributed by atoms with Gasteiger partial charge in [-0.2, -0.15) is 0 Å². The summed E-state index contributed by atoms with van der Waals surface area (Å²) in [6.07, 6.45) is 2.92. The van der Waals surface area contributed by atoms with Gasteiger partial charge in [0.1, 0.15) is 5.52 Å². The zero-order chi connectivity index (χ0) is 14.8. The van der Waals surface area contributed by atoms with Crippen LogP contribution in [0.1, 0.15) is 0 Å². The second-order valence-electron chi connectivity index (χ2n) is 4.68. The van der Waals surface area contributed by atoms with E-state index in [1.165, 1.54) is 7.11 Å². The number of carbonyl (C=O) groups is 1. The summed E-state index contributed by atoms with van der Waals surface area (Å²) in [7, 11) is 1.37. The molecule has 0 radical (unpaired) electrons. The number of hydrogen-bond acceptors (Lipinski definition) is 6. The van der Waals surface area contributed by atoms with Gasteiger partial charge in [-0.25, -0.2) is 4.79 Å². The van der Waals surface area contributed by atoms with Crippen molar-refractivity contribution in [2.75, 3.05) is 31.7 Å². The van der Waals surface area contributed by atoms with Crippen molar-refractivity contribution in [1.29, 1.82) is 0 Å². The van der Waals surface area contributed by atoms with E-state index in [2.05, 4.69) is 30.8 Å². The molecule has 0 N–H and O–H groups in total. The summed E-state index contributed by atoms with van der Waals surface area (Å²) in [4.78, 5) is 22.5. The molecule has 0 saturated carbocycles. The summed E-state index contributed by atoms with van der Waals surface area (Å²) < 4.78 is 11.1. The standard InChI is InChI=1S/C14H14BrN3O3/c1-20-14(19)12-8-18(4-5-21-12)11-2-3-16-10-6-9(15)7-17-13(10)11/h2-3,6-7,12H,4-5,8H2,1H3. The van der Waals surface area contributed by atoms with Gasteiger partial charge in [-0.15, -0.1) is 0 Å². The van der Waals surface area contributed by atoms with Crippen LogP contribution in [0.25, 0.3) is 11.0 Å². The Labute approximate surface area is 130 Å². The minimum Gasteiger partial charge on any atom is -0.467 e. The quantitative estimate of drug-likeness (QED) is 0.768. The number of halogens is 1. The van der Waals surface area contributed by atoms with E-state index < -0.39 is 6.10 Å². The van der Waals surface area contributed by atoms with E-state index in [9.17, 15) is 4.79 Å². The van der Waals surface area contributed by atoms with Crippen molar-refractivity contribution >= 4 is 38.6 Å². The van der Waals surface area contributed by atoms with Crippen molar-refractivity contribution in [3.63, 3.8) is 0 Å². The molecule has 110 valence electrons. The minimum absolute atomic E-state index is 0.353. The molecule has 21 heavy (non-hydrogen) atoms. The van der Waals surface area contributed by atoms with Gasteiger partial charge < -0.3 is 14.4 Å². The van der Waals surface area contributed by atoms with E-state index in [1.54, 1.807) is 12.4 Å². The second kappa shape index (κ2) is 5.95. The Morgan fingerprint density at radius 3 is 3.19 bits per heavy atom. The molecule has 0 aliphatic carbocycles. The smallest absolute Gasteiger partial charge is 0.336 e. The second-order valence-corrected chi connectivity index (χ2v) is 5.60. The number of ether oxygens (including phenoxy) is 2. The van der Waals surface area contributed by atoms with Crippen molar-refractivity contribution in [2.24, 2.45) is 0 Å². The first-order valence-electron chi connectivity index (χ1n) is 6.53. The van der Waals surface area contributed by atoms with E-state index >= 15 is 0 Å². The molecule has 3 rings (SSSR count). The molecule has 0 bridgehead atoms. The molecule has 0 aromatic carbocycles. The minimum atomic E-state index is -0.567. The van der Waals surface area contributed by atoms with Gasteiger partial charge in [0.2, 0.25) is 0 Å². The van der Waals surface area contributed by atoms with Gasteiger partial charge in [0, 0.05) is 23.4 Å². The number of hydrogen-bond donors (Lipinski definition) is 0. The Kier molecular flexibility index (Phi) is 4.03. The largest absolute Gasteiger partial charge is 0.467 e. The van der Waals surface area contributed by atoms with Gasteiger partial charge in [-0.1, -0.05) is 0 Å². The van der Waals surface area contributed by atoms with Crippen LogP contribution < -0.4 is 4.90 Å². The van der Waals surface area contributed by atoms with Gasteiger partial charge >= 0.3 is 5.97 Å². The highest BCUT2D eigenvalue weighted by Crippen LogP contribution is 2.26. The molecule has 2 aromatic heterocycles. The van der Waals surface area contributed by atoms with Crippen LogP contribution in [0, 0.1) is 0 Å². The number of aromatic nitrogens is 2. The molecule has 2 aromatic rings. The van der Waals surface area contributed by atoms with Gasteiger partial charge in [0.25, 0.3) is 0 Å². The molecule has 0 amide bonds. The average molecular weight is 352 g/mol. The molecule has 1 unspecified atom stereocenters. The monoisotopic (exact) mass is 351 g/mol. The molecular weight excluding hydrogens is 338 g/mol. The van der Waals surface area contributed by atoms with Crippen LogP contribution in [-0.2, 0) is 14.3 Å². The van der Waals surface area contributed by atoms with E-state index in [0.717, 1.165) is 21.2 Å². The number of carbonyl (C=O) groups excluding carboxylic acids is 1. The number of esters is 1. The highest BCUT2D eigenvalue weighted by Gasteiger charge is 2.28. The molecule has 7 heteroatoms.